The first-order chi connectivity index (χ1) is 13.6. The highest BCUT2D eigenvalue weighted by Crippen LogP contribution is 2.32. The molecule has 0 radical (unpaired) electrons. The number of hydrogen-bond acceptors (Lipinski definition) is 4. The molecule has 0 amide bonds. The second-order valence-corrected chi connectivity index (χ2v) is 6.36. The summed E-state index contributed by atoms with van der Waals surface area (Å²) < 4.78 is 24.3. The number of aromatic nitrogens is 2. The van der Waals surface area contributed by atoms with Crippen molar-refractivity contribution in [3.63, 3.8) is 0 Å². The van der Waals surface area contributed by atoms with Gasteiger partial charge in [-0.1, -0.05) is 12.1 Å². The fourth-order valence-electron chi connectivity index (χ4n) is 3.29. The highest BCUT2D eigenvalue weighted by atomic mass is 19.1. The van der Waals surface area contributed by atoms with Crippen LogP contribution >= 0.6 is 0 Å². The summed E-state index contributed by atoms with van der Waals surface area (Å²) >= 11 is 0. The van der Waals surface area contributed by atoms with Crippen molar-refractivity contribution in [1.82, 2.24) is 9.97 Å². The van der Waals surface area contributed by atoms with Crippen molar-refractivity contribution in [2.24, 2.45) is 0 Å². The fraction of sp³-hybridized carbons (Fsp3) is 0.143. The van der Waals surface area contributed by atoms with Crippen LogP contribution in [0.2, 0.25) is 0 Å². The Balaban J connectivity index is 1.77. The number of hydrogen-bond donors (Lipinski definition) is 2. The number of carboxylic acids is 1. The van der Waals surface area contributed by atoms with Crippen LogP contribution in [0.5, 0.6) is 5.75 Å². The lowest BCUT2D eigenvalue weighted by Gasteiger charge is -2.08. The second kappa shape index (κ2) is 7.28. The third-order valence-electron chi connectivity index (χ3n) is 4.50. The largest absolute Gasteiger partial charge is 0.489 e. The van der Waals surface area contributed by atoms with Crippen molar-refractivity contribution in [2.45, 2.75) is 13.2 Å². The van der Waals surface area contributed by atoms with Gasteiger partial charge in [-0.15, -0.1) is 0 Å². The summed E-state index contributed by atoms with van der Waals surface area (Å²) in [6, 6.07) is 11.7. The zero-order chi connectivity index (χ0) is 19.7. The number of nitrogens with zero attached hydrogens (tertiary/aromatic N) is 1. The Kier molecular flexibility index (Phi) is 4.67. The lowest BCUT2D eigenvalue weighted by Crippen LogP contribution is -2.07. The third-order valence-corrected chi connectivity index (χ3v) is 4.50. The van der Waals surface area contributed by atoms with Gasteiger partial charge >= 0.3 is 5.97 Å². The number of pyridine rings is 1. The lowest BCUT2D eigenvalue weighted by atomic mass is 10.1. The number of ether oxygens (including phenoxy) is 2. The van der Waals surface area contributed by atoms with Gasteiger partial charge in [-0.05, 0) is 35.9 Å². The van der Waals surface area contributed by atoms with Gasteiger partial charge in [0.15, 0.2) is 5.69 Å². The first kappa shape index (κ1) is 17.9. The normalized spacial score (nSPS) is 11.2. The van der Waals surface area contributed by atoms with Crippen LogP contribution in [-0.4, -0.2) is 28.2 Å². The molecule has 6 nitrogen and oxygen atoms in total. The summed E-state index contributed by atoms with van der Waals surface area (Å²) in [5.41, 5.74) is 2.72. The number of aromatic carboxylic acids is 1. The van der Waals surface area contributed by atoms with Gasteiger partial charge in [0, 0.05) is 29.0 Å². The van der Waals surface area contributed by atoms with E-state index in [1.165, 1.54) is 25.4 Å². The molecule has 0 fully saturated rings. The average molecular weight is 380 g/mol. The van der Waals surface area contributed by atoms with Gasteiger partial charge in [0.25, 0.3) is 0 Å². The Labute approximate surface area is 159 Å². The molecule has 0 bridgehead atoms. The molecule has 2 aromatic heterocycles. The summed E-state index contributed by atoms with van der Waals surface area (Å²) in [7, 11) is 1.51. The summed E-state index contributed by atoms with van der Waals surface area (Å²) in [5, 5.41) is 11.0. The quantitative estimate of drug-likeness (QED) is 0.522. The highest BCUT2D eigenvalue weighted by Gasteiger charge is 2.19. The van der Waals surface area contributed by atoms with Crippen molar-refractivity contribution < 1.29 is 23.8 Å². The van der Waals surface area contributed by atoms with E-state index in [-0.39, 0.29) is 24.7 Å². The van der Waals surface area contributed by atoms with Gasteiger partial charge in [0.05, 0.1) is 18.3 Å². The lowest BCUT2D eigenvalue weighted by molar-refractivity contribution is 0.0685. The van der Waals surface area contributed by atoms with Crippen LogP contribution in [0, 0.1) is 5.82 Å². The Bertz CT molecular complexity index is 1190. The highest BCUT2D eigenvalue weighted by molar-refractivity contribution is 6.11. The average Bonchev–Trinajstić information content (AvgIpc) is 3.05. The Morgan fingerprint density at radius 2 is 2.04 bits per heavy atom. The van der Waals surface area contributed by atoms with Crippen LogP contribution in [0.15, 0.2) is 48.7 Å². The van der Waals surface area contributed by atoms with E-state index in [4.69, 9.17) is 9.47 Å². The molecule has 0 atom stereocenters. The molecule has 2 aromatic carbocycles. The molecule has 7 heteroatoms. The van der Waals surface area contributed by atoms with E-state index in [1.54, 1.807) is 18.2 Å². The number of H-pyrrole nitrogens is 1. The molecule has 2 N–H and O–H groups in total. The van der Waals surface area contributed by atoms with E-state index in [1.807, 2.05) is 12.1 Å². The molecule has 0 spiro atoms. The van der Waals surface area contributed by atoms with Gasteiger partial charge in [-0.3, -0.25) is 0 Å². The van der Waals surface area contributed by atoms with E-state index >= 15 is 0 Å². The number of nitrogens with one attached hydrogen (secondary N) is 1. The summed E-state index contributed by atoms with van der Waals surface area (Å²) in [4.78, 5) is 18.9. The molecule has 28 heavy (non-hydrogen) atoms. The van der Waals surface area contributed by atoms with E-state index < -0.39 is 5.97 Å². The van der Waals surface area contributed by atoms with E-state index in [0.29, 0.717) is 16.8 Å². The molecule has 2 heterocycles. The number of carboxylic acid groups (broad SMARTS) is 1. The first-order valence-corrected chi connectivity index (χ1v) is 8.59. The van der Waals surface area contributed by atoms with E-state index in [9.17, 15) is 14.3 Å². The minimum atomic E-state index is -1.11. The maximum Gasteiger partial charge on any atom is 0.354 e. The SMILES string of the molecule is COCc1c(C(=O)O)ncc2[nH]c3ccc(OCc4cccc(F)c4)cc3c12. The third kappa shape index (κ3) is 3.27. The minimum absolute atomic E-state index is 0.0404. The zero-order valence-electron chi connectivity index (χ0n) is 15.0. The Morgan fingerprint density at radius 1 is 1.18 bits per heavy atom. The van der Waals surface area contributed by atoms with Gasteiger partial charge in [0.1, 0.15) is 18.2 Å². The molecule has 0 saturated heterocycles. The van der Waals surface area contributed by atoms with Gasteiger partial charge in [0.2, 0.25) is 0 Å². The maximum absolute atomic E-state index is 13.3. The standard InChI is InChI=1S/C21H17FN2O4/c1-27-11-16-19-15-8-14(28-10-12-3-2-4-13(22)7-12)5-6-17(15)24-18(19)9-23-20(16)21(25)26/h2-9,24H,10-11H2,1H3,(H,25,26). The topological polar surface area (TPSA) is 84.4 Å². The molecule has 0 unspecified atom stereocenters. The Hall–Kier alpha value is -3.45. The molecule has 4 aromatic rings. The minimum Gasteiger partial charge on any atom is -0.489 e. The number of benzene rings is 2. The van der Waals surface area contributed by atoms with E-state index in [0.717, 1.165) is 21.9 Å². The maximum atomic E-state index is 13.3. The predicted octanol–water partition coefficient (Wildman–Crippen LogP) is 4.28. The number of fused-ring (bicyclic) bond motifs is 3. The van der Waals surface area contributed by atoms with E-state index in [2.05, 4.69) is 9.97 Å². The van der Waals surface area contributed by atoms with Crippen molar-refractivity contribution in [2.75, 3.05) is 7.11 Å². The van der Waals surface area contributed by atoms with Gasteiger partial charge in [-0.2, -0.15) is 0 Å². The fourth-order valence-corrected chi connectivity index (χ4v) is 3.29. The van der Waals surface area contributed by atoms with Crippen LogP contribution in [0.3, 0.4) is 0 Å². The van der Waals surface area contributed by atoms with Crippen LogP contribution < -0.4 is 4.74 Å². The van der Waals surface area contributed by atoms with Crippen molar-refractivity contribution >= 4 is 27.8 Å². The van der Waals surface area contributed by atoms with Crippen LogP contribution in [-0.2, 0) is 18.0 Å². The van der Waals surface area contributed by atoms with Crippen LogP contribution in [0.1, 0.15) is 21.6 Å². The van der Waals surface area contributed by atoms with Gasteiger partial charge in [-0.25, -0.2) is 14.2 Å². The molecular weight excluding hydrogens is 363 g/mol. The first-order valence-electron chi connectivity index (χ1n) is 8.59. The molecule has 0 aliphatic heterocycles. The van der Waals surface area contributed by atoms with Crippen LogP contribution in [0.4, 0.5) is 4.39 Å². The van der Waals surface area contributed by atoms with Crippen LogP contribution in [0.25, 0.3) is 21.8 Å². The van der Waals surface area contributed by atoms with Crippen molar-refractivity contribution in [3.8, 4) is 5.75 Å². The summed E-state index contributed by atoms with van der Waals surface area (Å²) in [5.74, 6) is -0.831. The van der Waals surface area contributed by atoms with Crippen molar-refractivity contribution in [1.29, 1.82) is 0 Å². The number of halogens is 1. The summed E-state index contributed by atoms with van der Waals surface area (Å²) in [6.07, 6.45) is 1.51. The second-order valence-electron chi connectivity index (χ2n) is 6.36. The molecule has 0 aliphatic carbocycles. The monoisotopic (exact) mass is 380 g/mol. The molecule has 142 valence electrons. The molecular formula is C21H17FN2O4. The zero-order valence-corrected chi connectivity index (χ0v) is 15.0. The Morgan fingerprint density at radius 3 is 2.79 bits per heavy atom. The number of aromatic amines is 1. The molecule has 0 saturated carbocycles. The van der Waals surface area contributed by atoms with Crippen molar-refractivity contribution in [3.05, 3.63) is 71.3 Å². The summed E-state index contributed by atoms with van der Waals surface area (Å²) in [6.45, 7) is 0.339. The number of methoxy groups -OCH3 is 1. The smallest absolute Gasteiger partial charge is 0.354 e. The predicted molar refractivity (Wildman–Crippen MR) is 102 cm³/mol. The number of carbonyl (C=O) groups is 1. The molecule has 4 rings (SSSR count). The number of rotatable bonds is 6. The van der Waals surface area contributed by atoms with Gasteiger partial charge < -0.3 is 19.6 Å². The molecule has 0 aliphatic rings.